The van der Waals surface area contributed by atoms with Crippen LogP contribution < -0.4 is 9.80 Å². The Morgan fingerprint density at radius 2 is 1.48 bits per heavy atom. The number of amides is 1. The highest BCUT2D eigenvalue weighted by molar-refractivity contribution is 5.94. The summed E-state index contributed by atoms with van der Waals surface area (Å²) in [5.74, 6) is 0.133. The Balaban J connectivity index is 1.61. The molecular formula is C19H23N3O. The number of piperazine rings is 1. The number of hydrogen-bond donors (Lipinski definition) is 0. The molecule has 1 heterocycles. The number of carbonyl (C=O) groups is 1. The van der Waals surface area contributed by atoms with Crippen molar-refractivity contribution in [3.8, 4) is 0 Å². The fraction of sp³-hybridized carbons (Fsp3) is 0.316. The molecule has 0 aromatic heterocycles. The van der Waals surface area contributed by atoms with Crippen molar-refractivity contribution in [3.05, 3.63) is 60.2 Å². The van der Waals surface area contributed by atoms with Crippen LogP contribution in [0.5, 0.6) is 0 Å². The van der Waals surface area contributed by atoms with Crippen LogP contribution >= 0.6 is 0 Å². The highest BCUT2D eigenvalue weighted by Crippen LogP contribution is 2.21. The van der Waals surface area contributed by atoms with E-state index in [4.69, 9.17) is 0 Å². The third-order valence-electron chi connectivity index (χ3n) is 4.32. The molecule has 3 rings (SSSR count). The second-order valence-corrected chi connectivity index (χ2v) is 6.06. The van der Waals surface area contributed by atoms with E-state index in [1.165, 1.54) is 11.4 Å². The molecule has 120 valence electrons. The summed E-state index contributed by atoms with van der Waals surface area (Å²) in [6, 6.07) is 18.1. The predicted octanol–water partition coefficient (Wildman–Crippen LogP) is 2.72. The average Bonchev–Trinajstić information content (AvgIpc) is 2.62. The molecule has 1 aliphatic rings. The van der Waals surface area contributed by atoms with Crippen LogP contribution in [0.15, 0.2) is 54.6 Å². The van der Waals surface area contributed by atoms with Crippen LogP contribution in [0.4, 0.5) is 11.4 Å². The SMILES string of the molecule is CN(C)c1ccc(N2CCN(C(=O)c3ccccc3)CC2)cc1. The maximum Gasteiger partial charge on any atom is 0.253 e. The van der Waals surface area contributed by atoms with E-state index in [2.05, 4.69) is 34.1 Å². The van der Waals surface area contributed by atoms with Gasteiger partial charge in [-0.2, -0.15) is 0 Å². The van der Waals surface area contributed by atoms with E-state index < -0.39 is 0 Å². The van der Waals surface area contributed by atoms with Gasteiger partial charge in [-0.25, -0.2) is 0 Å². The van der Waals surface area contributed by atoms with Gasteiger partial charge in [0.15, 0.2) is 0 Å². The fourth-order valence-corrected chi connectivity index (χ4v) is 2.89. The fourth-order valence-electron chi connectivity index (χ4n) is 2.89. The first-order chi connectivity index (χ1) is 11.1. The molecule has 2 aromatic rings. The number of carbonyl (C=O) groups excluding carboxylic acids is 1. The lowest BCUT2D eigenvalue weighted by Gasteiger charge is -2.36. The van der Waals surface area contributed by atoms with Crippen molar-refractivity contribution in [1.29, 1.82) is 0 Å². The van der Waals surface area contributed by atoms with E-state index in [-0.39, 0.29) is 5.91 Å². The van der Waals surface area contributed by atoms with Crippen LogP contribution in [0, 0.1) is 0 Å². The molecule has 0 spiro atoms. The van der Waals surface area contributed by atoms with Crippen LogP contribution in [0.3, 0.4) is 0 Å². The first-order valence-corrected chi connectivity index (χ1v) is 8.02. The third-order valence-corrected chi connectivity index (χ3v) is 4.32. The molecule has 0 radical (unpaired) electrons. The van der Waals surface area contributed by atoms with Crippen molar-refractivity contribution in [1.82, 2.24) is 4.90 Å². The van der Waals surface area contributed by atoms with E-state index >= 15 is 0 Å². The molecular weight excluding hydrogens is 286 g/mol. The second kappa shape index (κ2) is 6.73. The van der Waals surface area contributed by atoms with Crippen molar-refractivity contribution >= 4 is 17.3 Å². The van der Waals surface area contributed by atoms with Gasteiger partial charge in [0.25, 0.3) is 5.91 Å². The molecule has 2 aromatic carbocycles. The van der Waals surface area contributed by atoms with Crippen LogP contribution in [-0.4, -0.2) is 51.1 Å². The van der Waals surface area contributed by atoms with E-state index in [9.17, 15) is 4.79 Å². The molecule has 0 saturated carbocycles. The number of anilines is 2. The van der Waals surface area contributed by atoms with E-state index in [0.29, 0.717) is 0 Å². The van der Waals surface area contributed by atoms with E-state index in [1.54, 1.807) is 0 Å². The summed E-state index contributed by atoms with van der Waals surface area (Å²) in [7, 11) is 4.09. The first-order valence-electron chi connectivity index (χ1n) is 8.02. The monoisotopic (exact) mass is 309 g/mol. The molecule has 23 heavy (non-hydrogen) atoms. The lowest BCUT2D eigenvalue weighted by Crippen LogP contribution is -2.48. The summed E-state index contributed by atoms with van der Waals surface area (Å²) >= 11 is 0. The van der Waals surface area contributed by atoms with Gasteiger partial charge < -0.3 is 14.7 Å². The quantitative estimate of drug-likeness (QED) is 0.872. The van der Waals surface area contributed by atoms with Gasteiger partial charge in [-0.1, -0.05) is 18.2 Å². The average molecular weight is 309 g/mol. The van der Waals surface area contributed by atoms with Crippen molar-refractivity contribution < 1.29 is 4.79 Å². The minimum atomic E-state index is 0.133. The van der Waals surface area contributed by atoms with Crippen LogP contribution in [0.1, 0.15) is 10.4 Å². The Labute approximate surface area is 137 Å². The Kier molecular flexibility index (Phi) is 4.51. The van der Waals surface area contributed by atoms with Gasteiger partial charge in [0.05, 0.1) is 0 Å². The van der Waals surface area contributed by atoms with Gasteiger partial charge in [0.1, 0.15) is 0 Å². The molecule has 0 bridgehead atoms. The number of nitrogens with zero attached hydrogens (tertiary/aromatic N) is 3. The van der Waals surface area contributed by atoms with Gasteiger partial charge in [-0.05, 0) is 36.4 Å². The molecule has 1 aliphatic heterocycles. The normalized spacial score (nSPS) is 14.7. The van der Waals surface area contributed by atoms with Gasteiger partial charge in [-0.3, -0.25) is 4.79 Å². The Morgan fingerprint density at radius 1 is 0.870 bits per heavy atom. The first kappa shape index (κ1) is 15.4. The molecule has 0 N–H and O–H groups in total. The zero-order valence-corrected chi connectivity index (χ0v) is 13.8. The minimum Gasteiger partial charge on any atom is -0.378 e. The predicted molar refractivity (Wildman–Crippen MR) is 95.3 cm³/mol. The molecule has 4 nitrogen and oxygen atoms in total. The Bertz CT molecular complexity index is 644. The van der Waals surface area contributed by atoms with E-state index in [1.807, 2.05) is 49.3 Å². The lowest BCUT2D eigenvalue weighted by atomic mass is 10.1. The second-order valence-electron chi connectivity index (χ2n) is 6.06. The van der Waals surface area contributed by atoms with Gasteiger partial charge in [-0.15, -0.1) is 0 Å². The molecule has 0 aliphatic carbocycles. The highest BCUT2D eigenvalue weighted by atomic mass is 16.2. The zero-order chi connectivity index (χ0) is 16.2. The zero-order valence-electron chi connectivity index (χ0n) is 13.8. The molecule has 1 amide bonds. The van der Waals surface area contributed by atoms with Crippen LogP contribution in [0.2, 0.25) is 0 Å². The standard InChI is InChI=1S/C19H23N3O/c1-20(2)17-8-10-18(11-9-17)21-12-14-22(15-13-21)19(23)16-6-4-3-5-7-16/h3-11H,12-15H2,1-2H3. The van der Waals surface area contributed by atoms with Crippen molar-refractivity contribution in [2.24, 2.45) is 0 Å². The Morgan fingerprint density at radius 3 is 2.04 bits per heavy atom. The van der Waals surface area contributed by atoms with Crippen molar-refractivity contribution in [2.45, 2.75) is 0 Å². The van der Waals surface area contributed by atoms with Gasteiger partial charge >= 0.3 is 0 Å². The molecule has 1 saturated heterocycles. The summed E-state index contributed by atoms with van der Waals surface area (Å²) in [6.45, 7) is 3.28. The summed E-state index contributed by atoms with van der Waals surface area (Å²) in [4.78, 5) is 18.8. The number of rotatable bonds is 3. The van der Waals surface area contributed by atoms with Crippen LogP contribution in [-0.2, 0) is 0 Å². The largest absolute Gasteiger partial charge is 0.378 e. The van der Waals surface area contributed by atoms with Gasteiger partial charge in [0, 0.05) is 57.2 Å². The lowest BCUT2D eigenvalue weighted by molar-refractivity contribution is 0.0747. The molecule has 1 fully saturated rings. The maximum absolute atomic E-state index is 12.5. The summed E-state index contributed by atoms with van der Waals surface area (Å²) < 4.78 is 0. The number of benzene rings is 2. The molecule has 0 atom stereocenters. The number of hydrogen-bond acceptors (Lipinski definition) is 3. The summed E-state index contributed by atoms with van der Waals surface area (Å²) in [6.07, 6.45) is 0. The minimum absolute atomic E-state index is 0.133. The van der Waals surface area contributed by atoms with Gasteiger partial charge in [0.2, 0.25) is 0 Å². The molecule has 4 heteroatoms. The van der Waals surface area contributed by atoms with E-state index in [0.717, 1.165) is 31.7 Å². The topological polar surface area (TPSA) is 26.8 Å². The summed E-state index contributed by atoms with van der Waals surface area (Å²) in [5.41, 5.74) is 3.20. The highest BCUT2D eigenvalue weighted by Gasteiger charge is 2.22. The smallest absolute Gasteiger partial charge is 0.253 e. The van der Waals surface area contributed by atoms with Crippen molar-refractivity contribution in [2.75, 3.05) is 50.1 Å². The maximum atomic E-state index is 12.5. The molecule has 0 unspecified atom stereocenters. The third kappa shape index (κ3) is 3.47. The summed E-state index contributed by atoms with van der Waals surface area (Å²) in [5, 5.41) is 0. The Hall–Kier alpha value is -2.49. The van der Waals surface area contributed by atoms with Crippen molar-refractivity contribution in [3.63, 3.8) is 0 Å². The van der Waals surface area contributed by atoms with Crippen LogP contribution in [0.25, 0.3) is 0 Å².